The summed E-state index contributed by atoms with van der Waals surface area (Å²) in [6, 6.07) is 10.2. The van der Waals surface area contributed by atoms with Gasteiger partial charge in [-0.1, -0.05) is 12.1 Å². The Balaban J connectivity index is 2.33. The lowest BCUT2D eigenvalue weighted by Gasteiger charge is -2.08. The summed E-state index contributed by atoms with van der Waals surface area (Å²) in [5.41, 5.74) is 0.753. The molecule has 0 spiro atoms. The van der Waals surface area contributed by atoms with Gasteiger partial charge in [0.15, 0.2) is 5.03 Å². The number of benzene rings is 1. The van der Waals surface area contributed by atoms with Crippen molar-refractivity contribution in [3.63, 3.8) is 0 Å². The molecular weight excluding hydrogens is 280 g/mol. The molecule has 0 aliphatic heterocycles. The standard InChI is InChI=1S/C13H12N2O4S/c1-9-4-2-7-12(14-9)20(18,19)15-11-6-3-5-10(8-11)13(16)17/h2-8,15H,1H3,(H,16,17). The average Bonchev–Trinajstić information content (AvgIpc) is 2.38. The lowest BCUT2D eigenvalue weighted by Crippen LogP contribution is -2.15. The number of nitrogens with one attached hydrogen (secondary N) is 1. The summed E-state index contributed by atoms with van der Waals surface area (Å²) in [7, 11) is -3.83. The Morgan fingerprint density at radius 1 is 1.20 bits per heavy atom. The minimum absolute atomic E-state index is 0.00222. The minimum atomic E-state index is -3.83. The van der Waals surface area contributed by atoms with Gasteiger partial charge in [-0.3, -0.25) is 4.72 Å². The molecule has 0 atom stereocenters. The van der Waals surface area contributed by atoms with Crippen LogP contribution in [0.15, 0.2) is 47.5 Å². The number of aromatic nitrogens is 1. The highest BCUT2D eigenvalue weighted by atomic mass is 32.2. The predicted octanol–water partition coefficient (Wildman–Crippen LogP) is 1.89. The maximum atomic E-state index is 12.1. The molecule has 6 nitrogen and oxygen atoms in total. The van der Waals surface area contributed by atoms with Crippen LogP contribution < -0.4 is 4.72 Å². The van der Waals surface area contributed by atoms with E-state index in [9.17, 15) is 13.2 Å². The van der Waals surface area contributed by atoms with Crippen molar-refractivity contribution in [2.24, 2.45) is 0 Å². The van der Waals surface area contributed by atoms with E-state index in [2.05, 4.69) is 9.71 Å². The second kappa shape index (κ2) is 5.30. The van der Waals surface area contributed by atoms with Gasteiger partial charge < -0.3 is 5.11 Å². The van der Waals surface area contributed by atoms with Crippen molar-refractivity contribution in [2.45, 2.75) is 11.9 Å². The van der Waals surface area contributed by atoms with Crippen molar-refractivity contribution < 1.29 is 18.3 Å². The maximum Gasteiger partial charge on any atom is 0.335 e. The summed E-state index contributed by atoms with van der Waals surface area (Å²) in [5, 5.41) is 8.76. The summed E-state index contributed by atoms with van der Waals surface area (Å²) in [6.07, 6.45) is 0. The molecule has 0 radical (unpaired) electrons. The Kier molecular flexibility index (Phi) is 3.71. The molecule has 104 valence electrons. The van der Waals surface area contributed by atoms with Gasteiger partial charge >= 0.3 is 5.97 Å². The van der Waals surface area contributed by atoms with Gasteiger partial charge in [-0.05, 0) is 37.3 Å². The zero-order valence-corrected chi connectivity index (χ0v) is 11.4. The van der Waals surface area contributed by atoms with E-state index in [1.54, 1.807) is 19.1 Å². The molecule has 0 aliphatic carbocycles. The van der Waals surface area contributed by atoms with Gasteiger partial charge in [0.1, 0.15) is 0 Å². The normalized spacial score (nSPS) is 11.1. The molecule has 1 heterocycles. The lowest BCUT2D eigenvalue weighted by molar-refractivity contribution is 0.0697. The lowest BCUT2D eigenvalue weighted by atomic mass is 10.2. The molecule has 2 N–H and O–H groups in total. The van der Waals surface area contributed by atoms with Gasteiger partial charge in [0.25, 0.3) is 10.0 Å². The highest BCUT2D eigenvalue weighted by Crippen LogP contribution is 2.16. The zero-order chi connectivity index (χ0) is 14.8. The number of carboxylic acid groups (broad SMARTS) is 1. The fraction of sp³-hybridized carbons (Fsp3) is 0.0769. The van der Waals surface area contributed by atoms with Crippen molar-refractivity contribution >= 4 is 21.7 Å². The number of aromatic carboxylic acids is 1. The number of nitrogens with zero attached hydrogens (tertiary/aromatic N) is 1. The maximum absolute atomic E-state index is 12.1. The third kappa shape index (κ3) is 3.12. The first kappa shape index (κ1) is 14.0. The Morgan fingerprint density at radius 3 is 2.55 bits per heavy atom. The van der Waals surface area contributed by atoms with Crippen LogP contribution in [0.1, 0.15) is 16.1 Å². The first-order chi connectivity index (χ1) is 9.38. The zero-order valence-electron chi connectivity index (χ0n) is 10.6. The second-order valence-corrected chi connectivity index (χ2v) is 5.74. The number of rotatable bonds is 4. The summed E-state index contributed by atoms with van der Waals surface area (Å²) < 4.78 is 26.5. The number of aryl methyl sites for hydroxylation is 1. The molecule has 0 bridgehead atoms. The van der Waals surface area contributed by atoms with E-state index in [-0.39, 0.29) is 16.3 Å². The fourth-order valence-corrected chi connectivity index (χ4v) is 2.65. The largest absolute Gasteiger partial charge is 0.478 e. The Morgan fingerprint density at radius 2 is 1.90 bits per heavy atom. The molecular formula is C13H12N2O4S. The topological polar surface area (TPSA) is 96.4 Å². The number of pyridine rings is 1. The Hall–Kier alpha value is -2.41. The molecule has 1 aromatic carbocycles. The van der Waals surface area contributed by atoms with Gasteiger partial charge in [-0.15, -0.1) is 0 Å². The van der Waals surface area contributed by atoms with E-state index in [0.29, 0.717) is 5.69 Å². The van der Waals surface area contributed by atoms with Crippen LogP contribution in [0.25, 0.3) is 0 Å². The van der Waals surface area contributed by atoms with E-state index < -0.39 is 16.0 Å². The number of sulfonamides is 1. The van der Waals surface area contributed by atoms with E-state index >= 15 is 0 Å². The Bertz CT molecular complexity index is 756. The molecule has 20 heavy (non-hydrogen) atoms. The Labute approximate surface area is 116 Å². The van der Waals surface area contributed by atoms with Gasteiger partial charge in [-0.25, -0.2) is 9.78 Å². The predicted molar refractivity (Wildman–Crippen MR) is 73.2 cm³/mol. The average molecular weight is 292 g/mol. The van der Waals surface area contributed by atoms with Crippen molar-refractivity contribution in [3.8, 4) is 0 Å². The van der Waals surface area contributed by atoms with Crippen LogP contribution in [0.3, 0.4) is 0 Å². The van der Waals surface area contributed by atoms with Gasteiger partial charge in [0, 0.05) is 11.4 Å². The van der Waals surface area contributed by atoms with E-state index in [4.69, 9.17) is 5.11 Å². The fourth-order valence-electron chi connectivity index (χ4n) is 1.59. The number of carbonyl (C=O) groups is 1. The third-order valence-electron chi connectivity index (χ3n) is 2.50. The number of hydrogen-bond donors (Lipinski definition) is 2. The number of hydrogen-bond acceptors (Lipinski definition) is 4. The number of anilines is 1. The van der Waals surface area contributed by atoms with Crippen LogP contribution in [-0.4, -0.2) is 24.5 Å². The summed E-state index contributed by atoms with van der Waals surface area (Å²) in [6.45, 7) is 1.68. The molecule has 0 amide bonds. The monoisotopic (exact) mass is 292 g/mol. The molecule has 2 aromatic rings. The van der Waals surface area contributed by atoms with Crippen molar-refractivity contribution in [1.29, 1.82) is 0 Å². The van der Waals surface area contributed by atoms with Crippen LogP contribution >= 0.6 is 0 Å². The SMILES string of the molecule is Cc1cccc(S(=O)(=O)Nc2cccc(C(=O)O)c2)n1. The molecule has 0 unspecified atom stereocenters. The number of carboxylic acids is 1. The molecule has 2 rings (SSSR count). The van der Waals surface area contributed by atoms with Crippen LogP contribution in [0, 0.1) is 6.92 Å². The van der Waals surface area contributed by atoms with E-state index in [1.807, 2.05) is 0 Å². The second-order valence-electron chi connectivity index (χ2n) is 4.11. The smallest absolute Gasteiger partial charge is 0.335 e. The van der Waals surface area contributed by atoms with Crippen molar-refractivity contribution in [3.05, 3.63) is 53.7 Å². The first-order valence-corrected chi connectivity index (χ1v) is 7.17. The molecule has 0 saturated heterocycles. The quantitative estimate of drug-likeness (QED) is 0.897. The molecule has 0 saturated carbocycles. The van der Waals surface area contributed by atoms with Crippen LogP contribution in [-0.2, 0) is 10.0 Å². The molecule has 0 fully saturated rings. The van der Waals surface area contributed by atoms with Gasteiger partial charge in [0.05, 0.1) is 5.56 Å². The van der Waals surface area contributed by atoms with Crippen molar-refractivity contribution in [1.82, 2.24) is 4.98 Å². The molecule has 1 aromatic heterocycles. The minimum Gasteiger partial charge on any atom is -0.478 e. The summed E-state index contributed by atoms with van der Waals surface area (Å²) >= 11 is 0. The van der Waals surface area contributed by atoms with E-state index in [1.165, 1.54) is 30.3 Å². The molecule has 0 aliphatic rings. The van der Waals surface area contributed by atoms with Crippen LogP contribution in [0.2, 0.25) is 0 Å². The summed E-state index contributed by atoms with van der Waals surface area (Å²) in [4.78, 5) is 14.8. The van der Waals surface area contributed by atoms with Crippen LogP contribution in [0.4, 0.5) is 5.69 Å². The highest BCUT2D eigenvalue weighted by molar-refractivity contribution is 7.92. The van der Waals surface area contributed by atoms with E-state index in [0.717, 1.165) is 0 Å². The third-order valence-corrected chi connectivity index (χ3v) is 3.78. The van der Waals surface area contributed by atoms with Crippen molar-refractivity contribution in [2.75, 3.05) is 4.72 Å². The van der Waals surface area contributed by atoms with Gasteiger partial charge in [0.2, 0.25) is 0 Å². The van der Waals surface area contributed by atoms with Crippen LogP contribution in [0.5, 0.6) is 0 Å². The molecule has 7 heteroatoms. The van der Waals surface area contributed by atoms with Gasteiger partial charge in [-0.2, -0.15) is 8.42 Å². The highest BCUT2D eigenvalue weighted by Gasteiger charge is 2.16. The summed E-state index contributed by atoms with van der Waals surface area (Å²) in [5.74, 6) is -1.13. The first-order valence-electron chi connectivity index (χ1n) is 5.68.